The standard InChI is InChI=1S/C53H38N6O2/c1-60-36-17-11-29(12-18-36)46-49(39-22-16-34(57)24-32(39)28-55)50-48-42(38-21-15-33(56)23-31(38)27-54)25-35(58)26-45(48)53(43-9-5-3-7-40(43)41-8-4-6-10-44(41)53)51(50)47(52(46)59)30-13-19-37(61-2)20-14-30/h3-26H,56-59H2,1-2H3. The number of fused-ring (bicyclic) bond motifs is 10. The Kier molecular flexibility index (Phi) is 8.36. The predicted molar refractivity (Wildman–Crippen MR) is 245 cm³/mol. The van der Waals surface area contributed by atoms with E-state index in [9.17, 15) is 10.5 Å². The number of methoxy groups -OCH3 is 2. The summed E-state index contributed by atoms with van der Waals surface area (Å²) in [5.74, 6) is 1.38. The molecule has 0 aromatic heterocycles. The molecule has 0 saturated heterocycles. The van der Waals surface area contributed by atoms with Gasteiger partial charge in [0.25, 0.3) is 0 Å². The van der Waals surface area contributed by atoms with Crippen molar-refractivity contribution in [1.82, 2.24) is 0 Å². The largest absolute Gasteiger partial charge is 0.497 e. The first-order valence-electron chi connectivity index (χ1n) is 19.8. The highest BCUT2D eigenvalue weighted by molar-refractivity contribution is 6.16. The highest BCUT2D eigenvalue weighted by Crippen LogP contribution is 2.69. The number of rotatable bonds is 6. The van der Waals surface area contributed by atoms with Gasteiger partial charge in [0, 0.05) is 50.6 Å². The monoisotopic (exact) mass is 790 g/mol. The van der Waals surface area contributed by atoms with Gasteiger partial charge in [-0.2, -0.15) is 10.5 Å². The van der Waals surface area contributed by atoms with Crippen molar-refractivity contribution in [3.8, 4) is 90.4 Å². The Labute approximate surface area is 353 Å². The normalized spacial score (nSPS) is 12.5. The van der Waals surface area contributed by atoms with Gasteiger partial charge >= 0.3 is 0 Å². The summed E-state index contributed by atoms with van der Waals surface area (Å²) in [4.78, 5) is 0. The number of hydrogen-bond donors (Lipinski definition) is 4. The zero-order valence-electron chi connectivity index (χ0n) is 33.4. The summed E-state index contributed by atoms with van der Waals surface area (Å²) in [6.07, 6.45) is 0. The molecule has 0 radical (unpaired) electrons. The summed E-state index contributed by atoms with van der Waals surface area (Å²) in [5.41, 5.74) is 43.2. The van der Waals surface area contributed by atoms with Crippen LogP contribution in [-0.2, 0) is 5.41 Å². The first-order valence-corrected chi connectivity index (χ1v) is 19.8. The molecule has 8 nitrogen and oxygen atoms in total. The van der Waals surface area contributed by atoms with E-state index in [1.165, 1.54) is 0 Å². The highest BCUT2D eigenvalue weighted by atomic mass is 16.5. The number of nitriles is 2. The molecule has 0 heterocycles. The summed E-state index contributed by atoms with van der Waals surface area (Å²) in [5, 5.41) is 21.6. The summed E-state index contributed by atoms with van der Waals surface area (Å²) in [6.45, 7) is 0. The van der Waals surface area contributed by atoms with Crippen molar-refractivity contribution in [1.29, 1.82) is 10.5 Å². The van der Waals surface area contributed by atoms with E-state index < -0.39 is 5.41 Å². The number of anilines is 4. The Bertz CT molecular complexity index is 3180. The molecule has 10 rings (SSSR count). The number of nitrogens with two attached hydrogens (primary N) is 4. The molecule has 0 fully saturated rings. The molecular formula is C53H38N6O2. The van der Waals surface area contributed by atoms with Crippen LogP contribution in [0.3, 0.4) is 0 Å². The van der Waals surface area contributed by atoms with Crippen LogP contribution in [0.25, 0.3) is 66.8 Å². The van der Waals surface area contributed by atoms with Crippen molar-refractivity contribution in [3.05, 3.63) is 179 Å². The first-order chi connectivity index (χ1) is 29.7. The SMILES string of the molecule is COc1ccc(-c2c(N)c(-c3ccc(OC)cc3)c3c(c2-c2ccc(N)cc2C#N)-c2c(-c4ccc(N)cc4C#N)cc(N)cc2C32c3ccccc3-c3ccccc32)cc1. The van der Waals surface area contributed by atoms with Gasteiger partial charge in [-0.25, -0.2) is 0 Å². The van der Waals surface area contributed by atoms with Crippen LogP contribution < -0.4 is 32.4 Å². The molecule has 0 bridgehead atoms. The fraction of sp³-hybridized carbons (Fsp3) is 0.0566. The Morgan fingerprint density at radius 1 is 0.426 bits per heavy atom. The average Bonchev–Trinajstić information content (AvgIpc) is 3.75. The van der Waals surface area contributed by atoms with E-state index in [0.717, 1.165) is 77.9 Å². The molecule has 0 aliphatic heterocycles. The maximum absolute atomic E-state index is 10.9. The van der Waals surface area contributed by atoms with Crippen LogP contribution in [0.15, 0.2) is 146 Å². The minimum absolute atomic E-state index is 0.380. The Hall–Kier alpha value is -8.46. The molecule has 8 aromatic rings. The number of ether oxygens (including phenoxy) is 2. The van der Waals surface area contributed by atoms with Crippen molar-refractivity contribution in [3.63, 3.8) is 0 Å². The molecule has 2 aliphatic rings. The highest BCUT2D eigenvalue weighted by Gasteiger charge is 2.55. The molecule has 8 N–H and O–H groups in total. The number of hydrogen-bond acceptors (Lipinski definition) is 8. The molecule has 1 spiro atoms. The van der Waals surface area contributed by atoms with E-state index in [2.05, 4.69) is 66.7 Å². The molecule has 8 aromatic carbocycles. The van der Waals surface area contributed by atoms with E-state index in [0.29, 0.717) is 56.5 Å². The van der Waals surface area contributed by atoms with E-state index in [4.69, 9.17) is 32.4 Å². The summed E-state index contributed by atoms with van der Waals surface area (Å²) < 4.78 is 11.3. The smallest absolute Gasteiger partial charge is 0.118 e. The Morgan fingerprint density at radius 2 is 0.934 bits per heavy atom. The number of nitrogens with zero attached hydrogens (tertiary/aromatic N) is 2. The van der Waals surface area contributed by atoms with Gasteiger partial charge in [0.05, 0.1) is 42.9 Å². The molecule has 61 heavy (non-hydrogen) atoms. The third-order valence-electron chi connectivity index (χ3n) is 12.3. The van der Waals surface area contributed by atoms with E-state index in [1.54, 1.807) is 32.4 Å². The molecule has 0 saturated carbocycles. The molecule has 2 aliphatic carbocycles. The zero-order chi connectivity index (χ0) is 42.2. The second kappa shape index (κ2) is 13.8. The van der Waals surface area contributed by atoms with Crippen LogP contribution in [0.5, 0.6) is 11.5 Å². The van der Waals surface area contributed by atoms with Crippen LogP contribution in [-0.4, -0.2) is 14.2 Å². The fourth-order valence-corrected chi connectivity index (χ4v) is 9.91. The predicted octanol–water partition coefficient (Wildman–Crippen LogP) is 10.8. The second-order valence-electron chi connectivity index (χ2n) is 15.4. The topological polar surface area (TPSA) is 170 Å². The van der Waals surface area contributed by atoms with Crippen LogP contribution in [0.2, 0.25) is 0 Å². The summed E-state index contributed by atoms with van der Waals surface area (Å²) in [7, 11) is 3.28. The molecule has 0 amide bonds. The van der Waals surface area contributed by atoms with Gasteiger partial charge in [-0.3, -0.25) is 0 Å². The third kappa shape index (κ3) is 5.23. The maximum atomic E-state index is 10.9. The molecule has 0 unspecified atom stereocenters. The van der Waals surface area contributed by atoms with Crippen molar-refractivity contribution < 1.29 is 9.47 Å². The lowest BCUT2D eigenvalue weighted by Gasteiger charge is -2.34. The summed E-state index contributed by atoms with van der Waals surface area (Å²) >= 11 is 0. The van der Waals surface area contributed by atoms with Crippen molar-refractivity contribution in [2.24, 2.45) is 0 Å². The third-order valence-corrected chi connectivity index (χ3v) is 12.3. The van der Waals surface area contributed by atoms with Crippen LogP contribution in [0.4, 0.5) is 22.7 Å². The van der Waals surface area contributed by atoms with Gasteiger partial charge in [0.15, 0.2) is 0 Å². The van der Waals surface area contributed by atoms with Gasteiger partial charge in [0.2, 0.25) is 0 Å². The number of nitrogen functional groups attached to an aromatic ring is 4. The number of benzene rings is 8. The molecule has 8 heteroatoms. The van der Waals surface area contributed by atoms with Gasteiger partial charge < -0.3 is 32.4 Å². The molecular weight excluding hydrogens is 753 g/mol. The van der Waals surface area contributed by atoms with Crippen LogP contribution in [0.1, 0.15) is 33.4 Å². The average molecular weight is 791 g/mol. The van der Waals surface area contributed by atoms with E-state index in [1.807, 2.05) is 72.8 Å². The minimum Gasteiger partial charge on any atom is -0.497 e. The Balaban J connectivity index is 1.54. The molecule has 0 atom stereocenters. The van der Waals surface area contributed by atoms with Gasteiger partial charge in [-0.05, 0) is 122 Å². The van der Waals surface area contributed by atoms with Crippen LogP contribution >= 0.6 is 0 Å². The van der Waals surface area contributed by atoms with E-state index in [-0.39, 0.29) is 0 Å². The van der Waals surface area contributed by atoms with Crippen molar-refractivity contribution in [2.75, 3.05) is 37.2 Å². The van der Waals surface area contributed by atoms with Gasteiger partial charge in [-0.1, -0.05) is 84.9 Å². The Morgan fingerprint density at radius 3 is 1.48 bits per heavy atom. The first kappa shape index (κ1) is 36.9. The lowest BCUT2D eigenvalue weighted by molar-refractivity contribution is 0.415. The molecule has 292 valence electrons. The van der Waals surface area contributed by atoms with Crippen molar-refractivity contribution in [2.45, 2.75) is 5.41 Å². The fourth-order valence-electron chi connectivity index (χ4n) is 9.91. The van der Waals surface area contributed by atoms with Gasteiger partial charge in [-0.15, -0.1) is 0 Å². The minimum atomic E-state index is -0.986. The lowest BCUT2D eigenvalue weighted by atomic mass is 9.67. The second-order valence-corrected chi connectivity index (χ2v) is 15.4. The zero-order valence-corrected chi connectivity index (χ0v) is 33.4. The van der Waals surface area contributed by atoms with Gasteiger partial charge in [0.1, 0.15) is 11.5 Å². The quantitative estimate of drug-likeness (QED) is 0.121. The maximum Gasteiger partial charge on any atom is 0.118 e. The lowest BCUT2D eigenvalue weighted by Crippen LogP contribution is -2.27. The van der Waals surface area contributed by atoms with Crippen molar-refractivity contribution >= 4 is 22.7 Å². The van der Waals surface area contributed by atoms with Crippen LogP contribution in [0, 0.1) is 22.7 Å². The van der Waals surface area contributed by atoms with E-state index >= 15 is 0 Å². The summed E-state index contributed by atoms with van der Waals surface area (Å²) in [6, 6.07) is 52.5.